The van der Waals surface area contributed by atoms with Gasteiger partial charge in [0.05, 0.1) is 4.90 Å². The van der Waals surface area contributed by atoms with Crippen molar-refractivity contribution in [3.05, 3.63) is 36.4 Å². The smallest absolute Gasteiger partial charge is 0.744 e. The molecule has 1 N–H and O–H groups in total. The molecule has 5 nitrogen and oxygen atoms in total. The average molecular weight is 287 g/mol. The van der Waals surface area contributed by atoms with Crippen molar-refractivity contribution in [2.45, 2.75) is 11.8 Å². The summed E-state index contributed by atoms with van der Waals surface area (Å²) in [6, 6.07) is 9.10. The van der Waals surface area contributed by atoms with Crippen molar-refractivity contribution in [1.82, 2.24) is 0 Å². The van der Waals surface area contributed by atoms with Crippen LogP contribution in [0.1, 0.15) is 6.92 Å². The Hall–Kier alpha value is -0.920. The van der Waals surface area contributed by atoms with E-state index in [1.54, 1.807) is 18.2 Å². The minimum absolute atomic E-state index is 0. The van der Waals surface area contributed by atoms with Gasteiger partial charge in [0.1, 0.15) is 10.1 Å². The number of fused-ring (bicyclic) bond motifs is 1. The summed E-state index contributed by atoms with van der Waals surface area (Å²) >= 11 is 0. The van der Waals surface area contributed by atoms with Crippen molar-refractivity contribution < 1.29 is 47.3 Å². The number of hydrogen-bond donors (Lipinski definition) is 1. The van der Waals surface area contributed by atoms with Crippen LogP contribution in [0.15, 0.2) is 41.3 Å². The van der Waals surface area contributed by atoms with Gasteiger partial charge < -0.3 is 9.87 Å². The first-order valence-electron chi connectivity index (χ1n) is 5.13. The summed E-state index contributed by atoms with van der Waals surface area (Å²) in [6.07, 6.45) is 0. The zero-order valence-corrected chi connectivity index (χ0v) is 13.3. The molecule has 2 aromatic rings. The normalized spacial score (nSPS) is 10.8. The zero-order chi connectivity index (χ0) is 13.3. The molecule has 19 heavy (non-hydrogen) atoms. The minimum atomic E-state index is -4.44. The third-order valence-corrected chi connectivity index (χ3v) is 3.25. The van der Waals surface area contributed by atoms with E-state index in [1.807, 2.05) is 0 Å². The fourth-order valence-corrected chi connectivity index (χ4v) is 2.17. The first kappa shape index (κ1) is 16.1. The molecule has 2 rings (SSSR count). The topological polar surface area (TPSA) is 86.3 Å². The van der Waals surface area contributed by atoms with Crippen LogP contribution < -0.4 is 34.9 Å². The SMILES string of the molecule is CC(=O)Nc1ccc2cc(S(=O)(=O)[O-])ccc2c1.[Na+]. The maximum atomic E-state index is 10.9. The third-order valence-electron chi connectivity index (χ3n) is 2.42. The Labute approximate surface area is 133 Å². The molecule has 0 radical (unpaired) electrons. The molecule has 0 bridgehead atoms. The summed E-state index contributed by atoms with van der Waals surface area (Å²) in [6.45, 7) is 1.40. The van der Waals surface area contributed by atoms with Gasteiger partial charge in [-0.05, 0) is 35.0 Å². The second kappa shape index (κ2) is 6.02. The van der Waals surface area contributed by atoms with Gasteiger partial charge in [0.25, 0.3) is 0 Å². The standard InChI is InChI=1S/C12H11NO4S.Na/c1-8(14)13-11-4-2-10-7-12(18(15,16)17)5-3-9(10)6-11;/h2-7H,1H3,(H,13,14)(H,15,16,17);/q;+1/p-1. The molecule has 0 aliphatic carbocycles. The van der Waals surface area contributed by atoms with E-state index in [0.29, 0.717) is 11.1 Å². The Bertz CT molecular complexity index is 728. The fraction of sp³-hybridized carbons (Fsp3) is 0.0833. The van der Waals surface area contributed by atoms with Crippen LogP contribution in [0, 0.1) is 0 Å². The molecule has 0 fully saturated rings. The molecule has 0 heterocycles. The van der Waals surface area contributed by atoms with Gasteiger partial charge in [-0.15, -0.1) is 0 Å². The first-order chi connectivity index (χ1) is 8.36. The number of nitrogens with one attached hydrogen (secondary N) is 1. The van der Waals surface area contributed by atoms with Gasteiger partial charge in [0, 0.05) is 12.6 Å². The van der Waals surface area contributed by atoms with Crippen molar-refractivity contribution in [2.24, 2.45) is 0 Å². The van der Waals surface area contributed by atoms with Crippen LogP contribution in [-0.4, -0.2) is 18.9 Å². The van der Waals surface area contributed by atoms with Gasteiger partial charge in [-0.25, -0.2) is 8.42 Å². The summed E-state index contributed by atoms with van der Waals surface area (Å²) < 4.78 is 32.6. The number of amides is 1. The van der Waals surface area contributed by atoms with Gasteiger partial charge in [-0.1, -0.05) is 12.1 Å². The van der Waals surface area contributed by atoms with E-state index in [2.05, 4.69) is 5.32 Å². The maximum absolute atomic E-state index is 10.9. The van der Waals surface area contributed by atoms with Gasteiger partial charge in [-0.3, -0.25) is 4.79 Å². The van der Waals surface area contributed by atoms with Crippen LogP contribution in [0.5, 0.6) is 0 Å². The Morgan fingerprint density at radius 2 is 1.68 bits per heavy atom. The molecule has 0 atom stereocenters. The molecule has 0 unspecified atom stereocenters. The van der Waals surface area contributed by atoms with Crippen LogP contribution in [0.25, 0.3) is 10.8 Å². The number of carbonyl (C=O) groups is 1. The van der Waals surface area contributed by atoms with Gasteiger partial charge in [-0.2, -0.15) is 0 Å². The van der Waals surface area contributed by atoms with E-state index in [0.717, 1.165) is 5.39 Å². The fourth-order valence-electron chi connectivity index (χ4n) is 1.66. The summed E-state index contributed by atoms with van der Waals surface area (Å²) in [5, 5.41) is 3.99. The van der Waals surface area contributed by atoms with E-state index >= 15 is 0 Å². The summed E-state index contributed by atoms with van der Waals surface area (Å²) in [7, 11) is -4.44. The Kier molecular flexibility index (Phi) is 5.11. The van der Waals surface area contributed by atoms with Crippen LogP contribution in [0.2, 0.25) is 0 Å². The van der Waals surface area contributed by atoms with E-state index in [-0.39, 0.29) is 40.4 Å². The van der Waals surface area contributed by atoms with Crippen molar-refractivity contribution in [2.75, 3.05) is 5.32 Å². The van der Waals surface area contributed by atoms with E-state index in [1.165, 1.54) is 25.1 Å². The third kappa shape index (κ3) is 4.02. The zero-order valence-electron chi connectivity index (χ0n) is 10.5. The molecule has 0 saturated heterocycles. The summed E-state index contributed by atoms with van der Waals surface area (Å²) in [4.78, 5) is 10.6. The summed E-state index contributed by atoms with van der Waals surface area (Å²) in [5.41, 5.74) is 0.618. The van der Waals surface area contributed by atoms with Gasteiger partial charge in [0.2, 0.25) is 5.91 Å². The monoisotopic (exact) mass is 287 g/mol. The second-order valence-corrected chi connectivity index (χ2v) is 5.24. The summed E-state index contributed by atoms with van der Waals surface area (Å²) in [5.74, 6) is -0.187. The molecular weight excluding hydrogens is 277 g/mol. The van der Waals surface area contributed by atoms with Crippen molar-refractivity contribution in [1.29, 1.82) is 0 Å². The van der Waals surface area contributed by atoms with Crippen LogP contribution >= 0.6 is 0 Å². The number of rotatable bonds is 2. The number of hydrogen-bond acceptors (Lipinski definition) is 4. The van der Waals surface area contributed by atoms with Gasteiger partial charge in [0.15, 0.2) is 0 Å². The Morgan fingerprint density at radius 3 is 2.26 bits per heavy atom. The van der Waals surface area contributed by atoms with Crippen molar-refractivity contribution in [3.8, 4) is 0 Å². The average Bonchev–Trinajstić information content (AvgIpc) is 2.26. The number of benzene rings is 2. The maximum Gasteiger partial charge on any atom is 1.00 e. The Balaban J connectivity index is 0.00000180. The van der Waals surface area contributed by atoms with Crippen molar-refractivity contribution in [3.63, 3.8) is 0 Å². The molecule has 0 aromatic heterocycles. The number of anilines is 1. The molecule has 1 amide bonds. The van der Waals surface area contributed by atoms with Crippen LogP contribution in [0.4, 0.5) is 5.69 Å². The molecule has 0 spiro atoms. The molecule has 0 saturated carbocycles. The molecule has 7 heteroatoms. The van der Waals surface area contributed by atoms with E-state index in [4.69, 9.17) is 0 Å². The van der Waals surface area contributed by atoms with Crippen LogP contribution in [-0.2, 0) is 14.9 Å². The Morgan fingerprint density at radius 1 is 1.11 bits per heavy atom. The molecular formula is C12H10NNaO4S. The van der Waals surface area contributed by atoms with E-state index < -0.39 is 10.1 Å². The van der Waals surface area contributed by atoms with Gasteiger partial charge >= 0.3 is 29.6 Å². The minimum Gasteiger partial charge on any atom is -0.744 e. The molecule has 0 aliphatic rings. The quantitative estimate of drug-likeness (QED) is 0.550. The predicted octanol–water partition coefficient (Wildman–Crippen LogP) is -1.29. The van der Waals surface area contributed by atoms with Crippen molar-refractivity contribution >= 4 is 32.5 Å². The first-order valence-corrected chi connectivity index (χ1v) is 6.54. The second-order valence-electron chi connectivity index (χ2n) is 3.86. The van der Waals surface area contributed by atoms with E-state index in [9.17, 15) is 17.8 Å². The predicted molar refractivity (Wildman–Crippen MR) is 66.2 cm³/mol. The molecule has 2 aromatic carbocycles. The molecule has 0 aliphatic heterocycles. The largest absolute Gasteiger partial charge is 1.00 e. The van der Waals surface area contributed by atoms with Crippen LogP contribution in [0.3, 0.4) is 0 Å². The molecule has 94 valence electrons. The number of carbonyl (C=O) groups excluding carboxylic acids is 1.